The second-order valence-corrected chi connectivity index (χ2v) is 3.91. The maximum atomic E-state index is 12.8. The van der Waals surface area contributed by atoms with Gasteiger partial charge in [-0.15, -0.1) is 0 Å². The van der Waals surface area contributed by atoms with E-state index in [0.717, 1.165) is 6.07 Å². The van der Waals surface area contributed by atoms with Crippen molar-refractivity contribution < 1.29 is 9.18 Å². The molecule has 0 fully saturated rings. The summed E-state index contributed by atoms with van der Waals surface area (Å²) >= 11 is 0. The van der Waals surface area contributed by atoms with Crippen LogP contribution in [0.25, 0.3) is 0 Å². The molecule has 2 aromatic rings. The fourth-order valence-electron chi connectivity index (χ4n) is 1.65. The molecular weight excluding hydrogens is 233 g/mol. The number of nitrogens with two attached hydrogens (primary N) is 1. The molecule has 1 heterocycles. The molecule has 1 aromatic heterocycles. The molecule has 5 heteroatoms. The van der Waals surface area contributed by atoms with Crippen LogP contribution in [0.2, 0.25) is 0 Å². The lowest BCUT2D eigenvalue weighted by atomic mass is 10.1. The number of anilines is 1. The lowest BCUT2D eigenvalue weighted by Gasteiger charge is -2.08. The van der Waals surface area contributed by atoms with Crippen LogP contribution in [0, 0.1) is 5.82 Å². The molecule has 3 N–H and O–H groups in total. The number of carbonyl (C=O) groups is 1. The second-order valence-electron chi connectivity index (χ2n) is 3.91. The number of hydrogen-bond acceptors (Lipinski definition) is 2. The Morgan fingerprint density at radius 1 is 1.33 bits per heavy atom. The minimum Gasteiger partial charge on any atom is -0.398 e. The Morgan fingerprint density at radius 3 is 2.72 bits per heavy atom. The van der Waals surface area contributed by atoms with E-state index in [1.165, 1.54) is 12.1 Å². The topological polar surface area (TPSA) is 60.1 Å². The Balaban J connectivity index is 1.91. The smallest absolute Gasteiger partial charge is 0.253 e. The van der Waals surface area contributed by atoms with Gasteiger partial charge in [0.1, 0.15) is 5.82 Å². The lowest BCUT2D eigenvalue weighted by molar-refractivity contribution is 0.0953. The first-order valence-electron chi connectivity index (χ1n) is 5.61. The number of nitrogens with zero attached hydrogens (tertiary/aromatic N) is 1. The standard InChI is InChI=1S/C13H14FN3O/c14-10-3-4-11(12(15)9-10)13(18)16-5-8-17-6-1-2-7-17/h1-4,6-7,9H,5,8,15H2,(H,16,18). The van der Waals surface area contributed by atoms with Crippen LogP contribution in [0.3, 0.4) is 0 Å². The Kier molecular flexibility index (Phi) is 3.62. The van der Waals surface area contributed by atoms with E-state index in [1.807, 2.05) is 29.1 Å². The molecule has 0 saturated heterocycles. The summed E-state index contributed by atoms with van der Waals surface area (Å²) < 4.78 is 14.8. The molecule has 0 saturated carbocycles. The average molecular weight is 247 g/mol. The number of hydrogen-bond donors (Lipinski definition) is 2. The zero-order valence-corrected chi connectivity index (χ0v) is 9.77. The van der Waals surface area contributed by atoms with Gasteiger partial charge in [0.05, 0.1) is 5.56 Å². The molecule has 94 valence electrons. The third-order valence-corrected chi connectivity index (χ3v) is 2.58. The van der Waals surface area contributed by atoms with Gasteiger partial charge in [-0.25, -0.2) is 4.39 Å². The van der Waals surface area contributed by atoms with E-state index in [0.29, 0.717) is 18.7 Å². The third kappa shape index (κ3) is 2.88. The second kappa shape index (κ2) is 5.35. The largest absolute Gasteiger partial charge is 0.398 e. The van der Waals surface area contributed by atoms with Gasteiger partial charge in [-0.05, 0) is 30.3 Å². The molecule has 1 amide bonds. The van der Waals surface area contributed by atoms with Crippen molar-refractivity contribution in [2.45, 2.75) is 6.54 Å². The fraction of sp³-hybridized carbons (Fsp3) is 0.154. The van der Waals surface area contributed by atoms with Gasteiger partial charge in [-0.3, -0.25) is 4.79 Å². The van der Waals surface area contributed by atoms with Crippen LogP contribution < -0.4 is 11.1 Å². The molecule has 18 heavy (non-hydrogen) atoms. The minimum atomic E-state index is -0.448. The van der Waals surface area contributed by atoms with Crippen molar-refractivity contribution in [2.75, 3.05) is 12.3 Å². The predicted molar refractivity (Wildman–Crippen MR) is 67.6 cm³/mol. The van der Waals surface area contributed by atoms with E-state index < -0.39 is 5.82 Å². The van der Waals surface area contributed by atoms with Gasteiger partial charge in [0.15, 0.2) is 0 Å². The Morgan fingerprint density at radius 2 is 2.06 bits per heavy atom. The quantitative estimate of drug-likeness (QED) is 0.807. The molecule has 0 bridgehead atoms. The first-order valence-corrected chi connectivity index (χ1v) is 5.61. The Hall–Kier alpha value is -2.30. The van der Waals surface area contributed by atoms with Crippen molar-refractivity contribution in [2.24, 2.45) is 0 Å². The van der Waals surface area contributed by atoms with Crippen LogP contribution >= 0.6 is 0 Å². The van der Waals surface area contributed by atoms with Crippen molar-refractivity contribution in [3.8, 4) is 0 Å². The molecule has 4 nitrogen and oxygen atoms in total. The summed E-state index contributed by atoms with van der Waals surface area (Å²) in [6.07, 6.45) is 3.83. The van der Waals surface area contributed by atoms with Gasteiger partial charge in [0.2, 0.25) is 0 Å². The maximum Gasteiger partial charge on any atom is 0.253 e. The molecule has 0 aliphatic rings. The van der Waals surface area contributed by atoms with E-state index in [2.05, 4.69) is 5.32 Å². The lowest BCUT2D eigenvalue weighted by Crippen LogP contribution is -2.27. The fourth-order valence-corrected chi connectivity index (χ4v) is 1.65. The van der Waals surface area contributed by atoms with E-state index in [1.54, 1.807) is 0 Å². The zero-order valence-electron chi connectivity index (χ0n) is 9.77. The van der Waals surface area contributed by atoms with Crippen LogP contribution in [-0.4, -0.2) is 17.0 Å². The van der Waals surface area contributed by atoms with Crippen LogP contribution in [0.4, 0.5) is 10.1 Å². The van der Waals surface area contributed by atoms with Gasteiger partial charge in [-0.2, -0.15) is 0 Å². The maximum absolute atomic E-state index is 12.8. The van der Waals surface area contributed by atoms with Crippen molar-refractivity contribution in [3.63, 3.8) is 0 Å². The van der Waals surface area contributed by atoms with Crippen LogP contribution in [0.15, 0.2) is 42.7 Å². The summed E-state index contributed by atoms with van der Waals surface area (Å²) in [7, 11) is 0. The third-order valence-electron chi connectivity index (χ3n) is 2.58. The van der Waals surface area contributed by atoms with Crippen molar-refractivity contribution >= 4 is 11.6 Å². The SMILES string of the molecule is Nc1cc(F)ccc1C(=O)NCCn1cccc1. The molecule has 0 radical (unpaired) electrons. The van der Waals surface area contributed by atoms with Crippen LogP contribution in [0.1, 0.15) is 10.4 Å². The molecule has 0 atom stereocenters. The monoisotopic (exact) mass is 247 g/mol. The number of nitrogens with one attached hydrogen (secondary N) is 1. The summed E-state index contributed by atoms with van der Waals surface area (Å²) in [5.41, 5.74) is 6.02. The molecule has 0 spiro atoms. The first kappa shape index (κ1) is 12.2. The highest BCUT2D eigenvalue weighted by Gasteiger charge is 2.09. The summed E-state index contributed by atoms with van der Waals surface area (Å²) in [5, 5.41) is 2.74. The van der Waals surface area contributed by atoms with Gasteiger partial charge < -0.3 is 15.6 Å². The predicted octanol–water partition coefficient (Wildman–Crippen LogP) is 1.64. The summed E-state index contributed by atoms with van der Waals surface area (Å²) in [6.45, 7) is 1.17. The molecule has 0 unspecified atom stereocenters. The number of halogens is 1. The van der Waals surface area contributed by atoms with Gasteiger partial charge in [0.25, 0.3) is 5.91 Å². The van der Waals surface area contributed by atoms with Crippen LogP contribution in [-0.2, 0) is 6.54 Å². The average Bonchev–Trinajstić information content (AvgIpc) is 2.81. The highest BCUT2D eigenvalue weighted by Crippen LogP contribution is 2.12. The van der Waals surface area contributed by atoms with Gasteiger partial charge >= 0.3 is 0 Å². The number of amides is 1. The Bertz CT molecular complexity index is 537. The molecule has 1 aromatic carbocycles. The molecular formula is C13H14FN3O. The summed E-state index contributed by atoms with van der Waals surface area (Å²) in [6, 6.07) is 7.58. The number of carbonyl (C=O) groups excluding carboxylic acids is 1. The van der Waals surface area contributed by atoms with Crippen molar-refractivity contribution in [1.82, 2.24) is 9.88 Å². The van der Waals surface area contributed by atoms with E-state index in [-0.39, 0.29) is 11.6 Å². The number of rotatable bonds is 4. The zero-order chi connectivity index (χ0) is 13.0. The van der Waals surface area contributed by atoms with E-state index in [4.69, 9.17) is 5.73 Å². The molecule has 2 rings (SSSR count). The normalized spacial score (nSPS) is 10.3. The highest BCUT2D eigenvalue weighted by atomic mass is 19.1. The molecule has 0 aliphatic heterocycles. The molecule has 0 aliphatic carbocycles. The van der Waals surface area contributed by atoms with Crippen molar-refractivity contribution in [1.29, 1.82) is 0 Å². The minimum absolute atomic E-state index is 0.147. The first-order chi connectivity index (χ1) is 8.66. The van der Waals surface area contributed by atoms with E-state index >= 15 is 0 Å². The number of aromatic nitrogens is 1. The Labute approximate surface area is 104 Å². The van der Waals surface area contributed by atoms with Gasteiger partial charge in [-0.1, -0.05) is 0 Å². The van der Waals surface area contributed by atoms with Gasteiger partial charge in [0, 0.05) is 31.2 Å². The summed E-state index contributed by atoms with van der Waals surface area (Å²) in [4.78, 5) is 11.8. The van der Waals surface area contributed by atoms with E-state index in [9.17, 15) is 9.18 Å². The summed E-state index contributed by atoms with van der Waals surface area (Å²) in [5.74, 6) is -0.740. The van der Waals surface area contributed by atoms with Crippen LogP contribution in [0.5, 0.6) is 0 Å². The highest BCUT2D eigenvalue weighted by molar-refractivity contribution is 5.99. The number of benzene rings is 1. The van der Waals surface area contributed by atoms with Crippen molar-refractivity contribution in [3.05, 3.63) is 54.1 Å². The number of nitrogen functional groups attached to an aromatic ring is 1.